The fourth-order valence-electron chi connectivity index (χ4n) is 1.69. The summed E-state index contributed by atoms with van der Waals surface area (Å²) in [4.78, 5) is 0. The van der Waals surface area contributed by atoms with Crippen molar-refractivity contribution >= 4 is 40.7 Å². The minimum absolute atomic E-state index is 0.788. The summed E-state index contributed by atoms with van der Waals surface area (Å²) in [7, 11) is -1.42. The summed E-state index contributed by atoms with van der Waals surface area (Å²) < 4.78 is 14.3. The molecule has 0 fully saturated rings. The van der Waals surface area contributed by atoms with Crippen LogP contribution in [0.5, 0.6) is 0 Å². The van der Waals surface area contributed by atoms with E-state index in [0.717, 1.165) is 26.2 Å². The lowest BCUT2D eigenvalue weighted by Crippen LogP contribution is -2.42. The van der Waals surface area contributed by atoms with Gasteiger partial charge in [-0.25, -0.2) is 0 Å². The SMILES string of the molecule is CCOCCCO[SiH](c1cccs1)c1cccs1. The predicted octanol–water partition coefficient (Wildman–Crippen LogP) is 2.09. The molecule has 0 aliphatic heterocycles. The molecule has 0 bridgehead atoms. The highest BCUT2D eigenvalue weighted by Crippen LogP contribution is 2.04. The highest BCUT2D eigenvalue weighted by Gasteiger charge is 2.19. The van der Waals surface area contributed by atoms with Crippen molar-refractivity contribution in [2.75, 3.05) is 19.8 Å². The van der Waals surface area contributed by atoms with Crippen LogP contribution in [0.1, 0.15) is 13.3 Å². The van der Waals surface area contributed by atoms with Crippen molar-refractivity contribution in [1.82, 2.24) is 0 Å². The normalized spacial score (nSPS) is 11.2. The van der Waals surface area contributed by atoms with Gasteiger partial charge in [-0.2, -0.15) is 22.7 Å². The number of thiophene rings is 2. The molecule has 0 aliphatic carbocycles. The highest BCUT2D eigenvalue weighted by atomic mass is 32.1. The van der Waals surface area contributed by atoms with Gasteiger partial charge in [0.2, 0.25) is 0 Å². The van der Waals surface area contributed by atoms with Gasteiger partial charge in [0.25, 0.3) is 9.04 Å². The number of hydrogen-bond acceptors (Lipinski definition) is 4. The summed E-state index contributed by atoms with van der Waals surface area (Å²) in [5, 5.41) is 4.26. The van der Waals surface area contributed by atoms with E-state index in [1.807, 2.05) is 29.6 Å². The fraction of sp³-hybridized carbons (Fsp3) is 0.385. The molecular weight excluding hydrogens is 280 g/mol. The lowest BCUT2D eigenvalue weighted by Gasteiger charge is -2.13. The molecule has 0 saturated heterocycles. The summed E-state index contributed by atoms with van der Waals surface area (Å²) >= 11 is 3.62. The maximum atomic E-state index is 6.16. The topological polar surface area (TPSA) is 18.5 Å². The predicted molar refractivity (Wildman–Crippen MR) is 82.1 cm³/mol. The highest BCUT2D eigenvalue weighted by molar-refractivity contribution is 7.29. The summed E-state index contributed by atoms with van der Waals surface area (Å²) in [6.45, 7) is 4.41. The van der Waals surface area contributed by atoms with Crippen molar-refractivity contribution in [3.63, 3.8) is 0 Å². The zero-order valence-corrected chi connectivity index (χ0v) is 13.3. The van der Waals surface area contributed by atoms with E-state index in [4.69, 9.17) is 9.16 Å². The molecule has 2 nitrogen and oxygen atoms in total. The van der Waals surface area contributed by atoms with E-state index in [0.29, 0.717) is 0 Å². The van der Waals surface area contributed by atoms with Crippen molar-refractivity contribution in [3.8, 4) is 0 Å². The van der Waals surface area contributed by atoms with Gasteiger partial charge in [-0.15, -0.1) is 0 Å². The zero-order chi connectivity index (χ0) is 12.6. The molecule has 0 atom stereocenters. The molecule has 5 heteroatoms. The smallest absolute Gasteiger partial charge is 0.259 e. The van der Waals surface area contributed by atoms with Gasteiger partial charge >= 0.3 is 0 Å². The Kier molecular flexibility index (Phi) is 6.09. The Morgan fingerprint density at radius 1 is 1.06 bits per heavy atom. The van der Waals surface area contributed by atoms with Crippen LogP contribution in [0.3, 0.4) is 0 Å². The van der Waals surface area contributed by atoms with E-state index >= 15 is 0 Å². The average molecular weight is 299 g/mol. The third-order valence-electron chi connectivity index (χ3n) is 2.52. The van der Waals surface area contributed by atoms with E-state index in [9.17, 15) is 0 Å². The second-order valence-electron chi connectivity index (χ2n) is 3.83. The van der Waals surface area contributed by atoms with E-state index in [-0.39, 0.29) is 0 Å². The van der Waals surface area contributed by atoms with Crippen LogP contribution in [0.25, 0.3) is 0 Å². The lowest BCUT2D eigenvalue weighted by atomic mass is 10.5. The van der Waals surface area contributed by atoms with Crippen LogP contribution in [0, 0.1) is 0 Å². The first-order valence-electron chi connectivity index (χ1n) is 6.18. The summed E-state index contributed by atoms with van der Waals surface area (Å²) in [6.07, 6.45) is 0.980. The van der Waals surface area contributed by atoms with E-state index < -0.39 is 9.04 Å². The third kappa shape index (κ3) is 4.03. The summed E-state index contributed by atoms with van der Waals surface area (Å²) in [5.74, 6) is 0. The van der Waals surface area contributed by atoms with Crippen LogP contribution >= 0.6 is 22.7 Å². The van der Waals surface area contributed by atoms with Crippen LogP contribution in [-0.4, -0.2) is 28.9 Å². The lowest BCUT2D eigenvalue weighted by molar-refractivity contribution is 0.131. The van der Waals surface area contributed by atoms with Crippen molar-refractivity contribution in [1.29, 1.82) is 0 Å². The Bertz CT molecular complexity index is 380. The summed E-state index contributed by atoms with van der Waals surface area (Å²) in [6, 6.07) is 8.61. The Hall–Kier alpha value is -0.463. The Morgan fingerprint density at radius 2 is 1.72 bits per heavy atom. The average Bonchev–Trinajstić information content (AvgIpc) is 3.06. The van der Waals surface area contributed by atoms with Crippen LogP contribution in [0.4, 0.5) is 0 Å². The van der Waals surface area contributed by atoms with Gasteiger partial charge in [0.1, 0.15) is 0 Å². The maximum Gasteiger partial charge on any atom is 0.259 e. The molecule has 0 spiro atoms. The molecule has 0 N–H and O–H groups in total. The molecule has 0 aromatic carbocycles. The molecule has 2 rings (SSSR count). The molecule has 0 saturated carbocycles. The van der Waals surface area contributed by atoms with Crippen molar-refractivity contribution in [3.05, 3.63) is 35.0 Å². The molecule has 2 aromatic heterocycles. The standard InChI is InChI=1S/C13H18O2S2Si/c1-2-14-8-5-9-15-18(12-6-3-10-16-12)13-7-4-11-17-13/h3-4,6-7,10-11,18H,2,5,8-9H2,1H3. The minimum Gasteiger partial charge on any atom is -0.409 e. The first-order chi connectivity index (χ1) is 8.92. The van der Waals surface area contributed by atoms with Crippen molar-refractivity contribution in [2.24, 2.45) is 0 Å². The van der Waals surface area contributed by atoms with E-state index in [2.05, 4.69) is 35.0 Å². The Balaban J connectivity index is 1.90. The van der Waals surface area contributed by atoms with E-state index in [1.165, 1.54) is 9.00 Å². The molecule has 2 aromatic rings. The van der Waals surface area contributed by atoms with Crippen LogP contribution < -0.4 is 9.00 Å². The third-order valence-corrected chi connectivity index (χ3v) is 8.02. The number of rotatable bonds is 8. The second-order valence-corrected chi connectivity index (χ2v) is 8.96. The van der Waals surface area contributed by atoms with Crippen LogP contribution in [0.2, 0.25) is 0 Å². The Morgan fingerprint density at radius 3 is 2.22 bits per heavy atom. The largest absolute Gasteiger partial charge is 0.409 e. The maximum absolute atomic E-state index is 6.16. The number of ether oxygens (including phenoxy) is 1. The van der Waals surface area contributed by atoms with Crippen LogP contribution in [0.15, 0.2) is 35.0 Å². The zero-order valence-electron chi connectivity index (χ0n) is 10.5. The van der Waals surface area contributed by atoms with Crippen molar-refractivity contribution in [2.45, 2.75) is 13.3 Å². The van der Waals surface area contributed by atoms with E-state index in [1.54, 1.807) is 0 Å². The van der Waals surface area contributed by atoms with Gasteiger partial charge in [0, 0.05) is 28.8 Å². The molecule has 2 heterocycles. The second kappa shape index (κ2) is 7.86. The molecule has 0 unspecified atom stereocenters. The van der Waals surface area contributed by atoms with Gasteiger partial charge in [-0.05, 0) is 36.2 Å². The molecule has 0 amide bonds. The van der Waals surface area contributed by atoms with Gasteiger partial charge in [0.15, 0.2) is 0 Å². The van der Waals surface area contributed by atoms with Gasteiger partial charge < -0.3 is 9.16 Å². The minimum atomic E-state index is -1.42. The monoisotopic (exact) mass is 298 g/mol. The fourth-order valence-corrected chi connectivity index (χ4v) is 7.07. The van der Waals surface area contributed by atoms with Crippen molar-refractivity contribution < 1.29 is 9.16 Å². The summed E-state index contributed by atoms with van der Waals surface area (Å²) in [5.41, 5.74) is 0. The van der Waals surface area contributed by atoms with Gasteiger partial charge in [-0.1, -0.05) is 12.1 Å². The Labute approximate surface area is 118 Å². The van der Waals surface area contributed by atoms with Gasteiger partial charge in [0.05, 0.1) is 0 Å². The van der Waals surface area contributed by atoms with Gasteiger partial charge in [-0.3, -0.25) is 0 Å². The molecular formula is C13H18O2S2Si. The first kappa shape index (κ1) is 14.0. The molecule has 0 aliphatic rings. The first-order valence-corrected chi connectivity index (χ1v) is 9.56. The number of hydrogen-bond donors (Lipinski definition) is 0. The molecule has 98 valence electrons. The van der Waals surface area contributed by atoms with Crippen LogP contribution in [-0.2, 0) is 9.16 Å². The quantitative estimate of drug-likeness (QED) is 0.549. The molecule has 18 heavy (non-hydrogen) atoms. The molecule has 0 radical (unpaired) electrons.